The molecule has 0 radical (unpaired) electrons. The summed E-state index contributed by atoms with van der Waals surface area (Å²) in [5.41, 5.74) is 0.759. The molecule has 3 heterocycles. The zero-order valence-electron chi connectivity index (χ0n) is 21.0. The van der Waals surface area contributed by atoms with E-state index in [1.54, 1.807) is 18.2 Å². The number of rotatable bonds is 5. The van der Waals surface area contributed by atoms with Crippen molar-refractivity contribution in [2.45, 2.75) is 68.7 Å². The molecular weight excluding hydrogens is 476 g/mol. The van der Waals surface area contributed by atoms with E-state index in [1.165, 1.54) is 36.4 Å². The number of piperidine rings is 1. The molecule has 2 saturated heterocycles. The van der Waals surface area contributed by atoms with Crippen LogP contribution in [0, 0.1) is 5.92 Å². The molecule has 0 spiro atoms. The lowest BCUT2D eigenvalue weighted by molar-refractivity contribution is -0.126. The summed E-state index contributed by atoms with van der Waals surface area (Å²) < 4.78 is 32.8. The van der Waals surface area contributed by atoms with Gasteiger partial charge in [0.2, 0.25) is 15.9 Å². The lowest BCUT2D eigenvalue weighted by Crippen LogP contribution is -2.46. The molecule has 1 aromatic heterocycles. The fourth-order valence-electron chi connectivity index (χ4n) is 5.68. The first-order valence-corrected chi connectivity index (χ1v) is 15.0. The Hall–Kier alpha value is -2.23. The Morgan fingerprint density at radius 3 is 2.44 bits per heavy atom. The number of carbonyl (C=O) groups is 1. The molecule has 196 valence electrons. The molecule has 36 heavy (non-hydrogen) atoms. The number of sulfonamides is 1. The predicted molar refractivity (Wildman–Crippen MR) is 141 cm³/mol. The highest BCUT2D eigenvalue weighted by Gasteiger charge is 2.29. The maximum absolute atomic E-state index is 13.1. The van der Waals surface area contributed by atoms with Crippen LogP contribution in [-0.4, -0.2) is 69.0 Å². The van der Waals surface area contributed by atoms with Crippen LogP contribution in [0.5, 0.6) is 0 Å². The third-order valence-corrected chi connectivity index (χ3v) is 9.72. The zero-order chi connectivity index (χ0) is 25.0. The molecule has 1 amide bonds. The van der Waals surface area contributed by atoms with Gasteiger partial charge in [0, 0.05) is 37.6 Å². The van der Waals surface area contributed by atoms with Gasteiger partial charge in [-0.3, -0.25) is 4.79 Å². The van der Waals surface area contributed by atoms with Gasteiger partial charge in [-0.25, -0.2) is 13.4 Å². The van der Waals surface area contributed by atoms with E-state index in [-0.39, 0.29) is 16.7 Å². The summed E-state index contributed by atoms with van der Waals surface area (Å²) in [5.74, 6) is 1.00. The number of pyridine rings is 1. The number of nitrogens with zero attached hydrogens (tertiary/aromatic N) is 3. The zero-order valence-corrected chi connectivity index (χ0v) is 21.8. The van der Waals surface area contributed by atoms with Crippen molar-refractivity contribution >= 4 is 32.7 Å². The molecule has 1 unspecified atom stereocenters. The summed E-state index contributed by atoms with van der Waals surface area (Å²) in [7, 11) is -3.55. The molecule has 8 nitrogen and oxygen atoms in total. The van der Waals surface area contributed by atoms with Gasteiger partial charge in [0.25, 0.3) is 0 Å². The largest absolute Gasteiger partial charge is 0.379 e. The highest BCUT2D eigenvalue weighted by Crippen LogP contribution is 2.27. The van der Waals surface area contributed by atoms with Gasteiger partial charge in [-0.1, -0.05) is 32.1 Å². The number of anilines is 1. The molecule has 3 aliphatic rings. The van der Waals surface area contributed by atoms with E-state index in [1.807, 2.05) is 12.1 Å². The van der Waals surface area contributed by atoms with Crippen molar-refractivity contribution in [2.75, 3.05) is 44.3 Å². The van der Waals surface area contributed by atoms with Gasteiger partial charge < -0.3 is 15.0 Å². The third kappa shape index (κ3) is 5.84. The average molecular weight is 515 g/mol. The minimum absolute atomic E-state index is 0.0253. The molecule has 9 heteroatoms. The average Bonchev–Trinajstić information content (AvgIpc) is 2.90. The molecule has 1 aromatic carbocycles. The second kappa shape index (κ2) is 11.4. The van der Waals surface area contributed by atoms with Crippen LogP contribution in [0.3, 0.4) is 0 Å². The van der Waals surface area contributed by atoms with Crippen LogP contribution in [0.4, 0.5) is 5.82 Å². The number of fused-ring (bicyclic) bond motifs is 1. The number of amides is 1. The van der Waals surface area contributed by atoms with Crippen LogP contribution >= 0.6 is 0 Å². The first-order chi connectivity index (χ1) is 17.5. The molecule has 3 fully saturated rings. The fourth-order valence-corrected chi connectivity index (χ4v) is 7.13. The summed E-state index contributed by atoms with van der Waals surface area (Å²) in [5, 5.41) is 4.15. The second-order valence-electron chi connectivity index (χ2n) is 10.4. The first-order valence-electron chi connectivity index (χ1n) is 13.5. The van der Waals surface area contributed by atoms with Gasteiger partial charge >= 0.3 is 0 Å². The summed E-state index contributed by atoms with van der Waals surface area (Å²) >= 11 is 0. The second-order valence-corrected chi connectivity index (χ2v) is 12.3. The van der Waals surface area contributed by atoms with E-state index in [9.17, 15) is 13.2 Å². The Bertz CT molecular complexity index is 1160. The lowest BCUT2D eigenvalue weighted by Gasteiger charge is -2.34. The molecule has 1 saturated carbocycles. The first kappa shape index (κ1) is 25.4. The normalized spacial score (nSPS) is 23.2. The van der Waals surface area contributed by atoms with Gasteiger partial charge in [0.15, 0.2) is 0 Å². The van der Waals surface area contributed by atoms with Crippen molar-refractivity contribution in [3.8, 4) is 0 Å². The molecule has 2 aromatic rings. The van der Waals surface area contributed by atoms with Crippen molar-refractivity contribution in [1.29, 1.82) is 0 Å². The number of aromatic nitrogens is 1. The van der Waals surface area contributed by atoms with Crippen molar-refractivity contribution in [2.24, 2.45) is 5.92 Å². The van der Waals surface area contributed by atoms with Crippen LogP contribution in [0.2, 0.25) is 0 Å². The maximum Gasteiger partial charge on any atom is 0.243 e. The smallest absolute Gasteiger partial charge is 0.243 e. The van der Waals surface area contributed by atoms with Gasteiger partial charge in [0.1, 0.15) is 5.82 Å². The predicted octanol–water partition coefficient (Wildman–Crippen LogP) is 3.70. The molecule has 2 aliphatic heterocycles. The fraction of sp³-hybridized carbons (Fsp3) is 0.630. The van der Waals surface area contributed by atoms with Crippen molar-refractivity contribution < 1.29 is 17.9 Å². The van der Waals surface area contributed by atoms with Crippen molar-refractivity contribution in [3.63, 3.8) is 0 Å². The Kier molecular flexibility index (Phi) is 8.08. The number of hydrogen-bond donors (Lipinski definition) is 1. The maximum atomic E-state index is 13.1. The Balaban J connectivity index is 1.26. The standard InChI is InChI=1S/C27H38N4O4S/c32-27(28-23-8-4-2-1-3-5-9-23)22-7-6-14-30(20-22)26-13-10-21-19-24(11-12-25(21)29-26)36(33,34)31-15-17-35-18-16-31/h10-13,19,22-23H,1-9,14-18,20H2,(H,28,32). The molecule has 1 atom stereocenters. The molecule has 5 rings (SSSR count). The van der Waals surface area contributed by atoms with Crippen LogP contribution in [0.1, 0.15) is 57.8 Å². The Morgan fingerprint density at radius 2 is 1.67 bits per heavy atom. The number of morpholine rings is 1. The third-order valence-electron chi connectivity index (χ3n) is 7.82. The minimum atomic E-state index is -3.55. The van der Waals surface area contributed by atoms with Crippen molar-refractivity contribution in [3.05, 3.63) is 30.3 Å². The number of hydrogen-bond acceptors (Lipinski definition) is 6. The van der Waals surface area contributed by atoms with Crippen molar-refractivity contribution in [1.82, 2.24) is 14.6 Å². The van der Waals surface area contributed by atoms with E-state index in [0.717, 1.165) is 48.9 Å². The van der Waals surface area contributed by atoms with Crippen LogP contribution in [-0.2, 0) is 19.6 Å². The van der Waals surface area contributed by atoms with E-state index >= 15 is 0 Å². The molecular formula is C27H38N4O4S. The SMILES string of the molecule is O=C(NC1CCCCCCC1)C1CCCN(c2ccc3cc(S(=O)(=O)N4CCOCC4)ccc3n2)C1. The number of ether oxygens (including phenoxy) is 1. The Morgan fingerprint density at radius 1 is 0.917 bits per heavy atom. The van der Waals surface area contributed by atoms with E-state index < -0.39 is 10.0 Å². The molecule has 1 N–H and O–H groups in total. The summed E-state index contributed by atoms with van der Waals surface area (Å²) in [4.78, 5) is 20.4. The summed E-state index contributed by atoms with van der Waals surface area (Å²) in [6, 6.07) is 9.34. The van der Waals surface area contributed by atoms with E-state index in [2.05, 4.69) is 10.2 Å². The monoisotopic (exact) mass is 514 g/mol. The topological polar surface area (TPSA) is 91.8 Å². The van der Waals surface area contributed by atoms with E-state index in [0.29, 0.717) is 38.9 Å². The highest BCUT2D eigenvalue weighted by molar-refractivity contribution is 7.89. The number of carbonyl (C=O) groups excluding carboxylic acids is 1. The van der Waals surface area contributed by atoms with Crippen LogP contribution in [0.25, 0.3) is 10.9 Å². The minimum Gasteiger partial charge on any atom is -0.379 e. The van der Waals surface area contributed by atoms with Gasteiger partial charge in [0.05, 0.1) is 29.5 Å². The summed E-state index contributed by atoms with van der Waals surface area (Å²) in [6.45, 7) is 3.14. The van der Waals surface area contributed by atoms with E-state index in [4.69, 9.17) is 9.72 Å². The molecule has 1 aliphatic carbocycles. The van der Waals surface area contributed by atoms with Crippen LogP contribution < -0.4 is 10.2 Å². The quantitative estimate of drug-likeness (QED) is 0.654. The molecule has 0 bridgehead atoms. The summed E-state index contributed by atoms with van der Waals surface area (Å²) in [6.07, 6.45) is 10.3. The van der Waals surface area contributed by atoms with Crippen LogP contribution in [0.15, 0.2) is 35.2 Å². The van der Waals surface area contributed by atoms with Gasteiger partial charge in [-0.15, -0.1) is 0 Å². The lowest BCUT2D eigenvalue weighted by atomic mass is 9.94. The number of nitrogens with one attached hydrogen (secondary N) is 1. The van der Waals surface area contributed by atoms with Gasteiger partial charge in [-0.2, -0.15) is 4.31 Å². The van der Waals surface area contributed by atoms with Gasteiger partial charge in [-0.05, 0) is 56.0 Å². The highest BCUT2D eigenvalue weighted by atomic mass is 32.2. The Labute approximate surface area is 214 Å². The number of benzene rings is 1.